The van der Waals surface area contributed by atoms with Crippen molar-refractivity contribution in [2.45, 2.75) is 24.7 Å². The molecule has 0 unspecified atom stereocenters. The van der Waals surface area contributed by atoms with Gasteiger partial charge in [0.05, 0.1) is 4.90 Å². The van der Waals surface area contributed by atoms with Crippen LogP contribution >= 0.6 is 22.6 Å². The van der Waals surface area contributed by atoms with E-state index in [1.165, 1.54) is 5.56 Å². The van der Waals surface area contributed by atoms with Gasteiger partial charge in [-0.2, -0.15) is 0 Å². The lowest BCUT2D eigenvalue weighted by molar-refractivity contribution is 0.581. The third-order valence-electron chi connectivity index (χ3n) is 3.26. The van der Waals surface area contributed by atoms with Crippen LogP contribution in [0.5, 0.6) is 0 Å². The monoisotopic (exact) mass is 415 g/mol. The molecule has 0 aromatic heterocycles. The third-order valence-corrected chi connectivity index (χ3v) is 5.46. The minimum Gasteiger partial charge on any atom is -0.211 e. The van der Waals surface area contributed by atoms with Crippen molar-refractivity contribution < 1.29 is 8.42 Å². The molecule has 112 valence electrons. The minimum absolute atomic E-state index is 0.309. The number of hydrogen-bond acceptors (Lipinski definition) is 2. The molecule has 5 heteroatoms. The molecule has 0 saturated heterocycles. The van der Waals surface area contributed by atoms with E-state index in [0.29, 0.717) is 17.9 Å². The number of hydrogen-bond donors (Lipinski definition) is 1. The van der Waals surface area contributed by atoms with Crippen LogP contribution in [-0.4, -0.2) is 15.0 Å². The lowest BCUT2D eigenvalue weighted by Gasteiger charge is -2.07. The summed E-state index contributed by atoms with van der Waals surface area (Å²) >= 11 is 2.15. The van der Waals surface area contributed by atoms with Crippen LogP contribution in [0.4, 0.5) is 0 Å². The summed E-state index contributed by atoms with van der Waals surface area (Å²) in [5.74, 6) is 0. The molecule has 2 aromatic carbocycles. The second-order valence-corrected chi connectivity index (χ2v) is 7.78. The average molecular weight is 415 g/mol. The van der Waals surface area contributed by atoms with Gasteiger partial charge in [-0.25, -0.2) is 13.1 Å². The molecule has 2 aromatic rings. The lowest BCUT2D eigenvalue weighted by atomic mass is 10.1. The zero-order valence-corrected chi connectivity index (χ0v) is 14.8. The second-order valence-electron chi connectivity index (χ2n) is 4.77. The van der Waals surface area contributed by atoms with Crippen molar-refractivity contribution >= 4 is 32.6 Å². The maximum Gasteiger partial charge on any atom is 0.240 e. The van der Waals surface area contributed by atoms with Gasteiger partial charge in [-0.1, -0.05) is 31.2 Å². The molecule has 21 heavy (non-hydrogen) atoms. The Morgan fingerprint density at radius 1 is 0.952 bits per heavy atom. The first-order chi connectivity index (χ1) is 10.0. The highest BCUT2D eigenvalue weighted by molar-refractivity contribution is 14.1. The molecule has 0 aliphatic heterocycles. The van der Waals surface area contributed by atoms with Crippen LogP contribution in [0, 0.1) is 3.57 Å². The Hall–Kier alpha value is -0.920. The Balaban J connectivity index is 1.93. The van der Waals surface area contributed by atoms with E-state index in [-0.39, 0.29) is 0 Å². The Bertz CT molecular complexity index is 679. The van der Waals surface area contributed by atoms with Crippen molar-refractivity contribution in [3.05, 3.63) is 63.2 Å². The van der Waals surface area contributed by atoms with E-state index in [1.54, 1.807) is 24.3 Å². The summed E-state index contributed by atoms with van der Waals surface area (Å²) in [5, 5.41) is 0. The minimum atomic E-state index is -3.41. The fourth-order valence-electron chi connectivity index (χ4n) is 1.97. The van der Waals surface area contributed by atoms with Crippen LogP contribution in [0.25, 0.3) is 0 Å². The molecule has 0 spiro atoms. The van der Waals surface area contributed by atoms with Crippen LogP contribution in [0.3, 0.4) is 0 Å². The number of aryl methyl sites for hydroxylation is 1. The molecule has 0 amide bonds. The molecule has 0 aliphatic rings. The van der Waals surface area contributed by atoms with E-state index in [0.717, 1.165) is 15.6 Å². The molecule has 0 heterocycles. The van der Waals surface area contributed by atoms with E-state index in [1.807, 2.05) is 0 Å². The molecule has 0 radical (unpaired) electrons. The maximum atomic E-state index is 12.1. The highest BCUT2D eigenvalue weighted by Gasteiger charge is 2.12. The van der Waals surface area contributed by atoms with Gasteiger partial charge < -0.3 is 0 Å². The van der Waals surface area contributed by atoms with Gasteiger partial charge in [0.15, 0.2) is 0 Å². The number of halogens is 1. The van der Waals surface area contributed by atoms with Crippen molar-refractivity contribution in [3.63, 3.8) is 0 Å². The summed E-state index contributed by atoms with van der Waals surface area (Å²) in [4.78, 5) is 0.309. The first-order valence-corrected chi connectivity index (χ1v) is 9.40. The molecule has 0 bridgehead atoms. The summed E-state index contributed by atoms with van der Waals surface area (Å²) in [6.07, 6.45) is 1.70. The molecular weight excluding hydrogens is 397 g/mol. The van der Waals surface area contributed by atoms with Gasteiger partial charge in [0, 0.05) is 10.1 Å². The summed E-state index contributed by atoms with van der Waals surface area (Å²) in [6, 6.07) is 15.1. The number of benzene rings is 2. The van der Waals surface area contributed by atoms with E-state index in [4.69, 9.17) is 0 Å². The number of sulfonamides is 1. The van der Waals surface area contributed by atoms with Crippen molar-refractivity contribution in [2.24, 2.45) is 0 Å². The van der Waals surface area contributed by atoms with Gasteiger partial charge in [0.2, 0.25) is 10.0 Å². The largest absolute Gasteiger partial charge is 0.240 e. The number of rotatable bonds is 6. The zero-order chi connectivity index (χ0) is 15.3. The standard InChI is InChI=1S/C16H18INO2S/c1-2-13-3-5-14(6-4-13)11-12-18-21(19,20)16-9-7-15(17)8-10-16/h3-10,18H,2,11-12H2,1H3. The SMILES string of the molecule is CCc1ccc(CCNS(=O)(=O)c2ccc(I)cc2)cc1. The van der Waals surface area contributed by atoms with Crippen molar-refractivity contribution in [1.82, 2.24) is 4.72 Å². The van der Waals surface area contributed by atoms with Gasteiger partial charge in [-0.15, -0.1) is 0 Å². The average Bonchev–Trinajstić information content (AvgIpc) is 2.48. The Labute approximate surface area is 140 Å². The highest BCUT2D eigenvalue weighted by atomic mass is 127. The Kier molecular flexibility index (Phi) is 5.78. The smallest absolute Gasteiger partial charge is 0.211 e. The summed E-state index contributed by atoms with van der Waals surface area (Å²) < 4.78 is 27.9. The highest BCUT2D eigenvalue weighted by Crippen LogP contribution is 2.12. The summed E-state index contributed by atoms with van der Waals surface area (Å²) in [7, 11) is -3.41. The molecule has 2 rings (SSSR count). The summed E-state index contributed by atoms with van der Waals surface area (Å²) in [6.45, 7) is 2.52. The normalized spacial score (nSPS) is 11.5. The first kappa shape index (κ1) is 16.5. The number of nitrogens with one attached hydrogen (secondary N) is 1. The fraction of sp³-hybridized carbons (Fsp3) is 0.250. The van der Waals surface area contributed by atoms with E-state index >= 15 is 0 Å². The van der Waals surface area contributed by atoms with Crippen LogP contribution in [0.15, 0.2) is 53.4 Å². The molecule has 1 N–H and O–H groups in total. The maximum absolute atomic E-state index is 12.1. The molecule has 0 saturated carbocycles. The Morgan fingerprint density at radius 3 is 2.10 bits per heavy atom. The molecule has 3 nitrogen and oxygen atoms in total. The van der Waals surface area contributed by atoms with Gasteiger partial charge in [0.25, 0.3) is 0 Å². The topological polar surface area (TPSA) is 46.2 Å². The van der Waals surface area contributed by atoms with Crippen LogP contribution in [0.2, 0.25) is 0 Å². The van der Waals surface area contributed by atoms with Gasteiger partial charge >= 0.3 is 0 Å². The molecular formula is C16H18INO2S. The lowest BCUT2D eigenvalue weighted by Crippen LogP contribution is -2.26. The van der Waals surface area contributed by atoms with Crippen molar-refractivity contribution in [3.8, 4) is 0 Å². The van der Waals surface area contributed by atoms with E-state index < -0.39 is 10.0 Å². The quantitative estimate of drug-likeness (QED) is 0.736. The third kappa shape index (κ3) is 4.79. The van der Waals surface area contributed by atoms with Crippen LogP contribution < -0.4 is 4.72 Å². The summed E-state index contributed by atoms with van der Waals surface area (Å²) in [5.41, 5.74) is 2.43. The zero-order valence-electron chi connectivity index (χ0n) is 11.8. The van der Waals surface area contributed by atoms with Crippen LogP contribution in [-0.2, 0) is 22.9 Å². The molecule has 0 aliphatic carbocycles. The van der Waals surface area contributed by atoms with Gasteiger partial charge in [-0.3, -0.25) is 0 Å². The van der Waals surface area contributed by atoms with E-state index in [9.17, 15) is 8.42 Å². The van der Waals surface area contributed by atoms with Gasteiger partial charge in [0.1, 0.15) is 0 Å². The van der Waals surface area contributed by atoms with Crippen molar-refractivity contribution in [2.75, 3.05) is 6.54 Å². The van der Waals surface area contributed by atoms with Gasteiger partial charge in [-0.05, 0) is 70.8 Å². The van der Waals surface area contributed by atoms with Crippen molar-refractivity contribution in [1.29, 1.82) is 0 Å². The molecule has 0 atom stereocenters. The first-order valence-electron chi connectivity index (χ1n) is 6.84. The van der Waals surface area contributed by atoms with E-state index in [2.05, 4.69) is 58.5 Å². The Morgan fingerprint density at radius 2 is 1.52 bits per heavy atom. The molecule has 0 fully saturated rings. The predicted octanol–water partition coefficient (Wildman–Crippen LogP) is 3.37. The second kappa shape index (κ2) is 7.38. The van der Waals surface area contributed by atoms with Crippen LogP contribution in [0.1, 0.15) is 18.1 Å². The fourth-order valence-corrected chi connectivity index (χ4v) is 3.36. The predicted molar refractivity (Wildman–Crippen MR) is 93.9 cm³/mol.